The SMILES string of the molecule is Cc1ccc(S(=O)(=O)N(CC(=O)N[C@@H](C)c2cc(C)c(C)cc2C)c2ccc(Cl)cc2C)cc1. The third-order valence-corrected chi connectivity index (χ3v) is 8.06. The summed E-state index contributed by atoms with van der Waals surface area (Å²) >= 11 is 6.10. The van der Waals surface area contributed by atoms with Gasteiger partial charge in [-0.2, -0.15) is 0 Å². The number of sulfonamides is 1. The number of aryl methyl sites for hydroxylation is 5. The van der Waals surface area contributed by atoms with Crippen LogP contribution in [-0.4, -0.2) is 20.9 Å². The highest BCUT2D eigenvalue weighted by Crippen LogP contribution is 2.29. The molecule has 0 aliphatic rings. The zero-order valence-corrected chi connectivity index (χ0v) is 22.0. The van der Waals surface area contributed by atoms with Gasteiger partial charge < -0.3 is 5.32 Å². The van der Waals surface area contributed by atoms with E-state index in [1.165, 1.54) is 5.56 Å². The van der Waals surface area contributed by atoms with Crippen LogP contribution < -0.4 is 9.62 Å². The summed E-state index contributed by atoms with van der Waals surface area (Å²) in [5, 5.41) is 3.47. The first-order valence-electron chi connectivity index (χ1n) is 11.1. The van der Waals surface area contributed by atoms with E-state index in [1.807, 2.05) is 27.7 Å². The van der Waals surface area contributed by atoms with Gasteiger partial charge in [0.2, 0.25) is 5.91 Å². The van der Waals surface area contributed by atoms with Gasteiger partial charge in [0.1, 0.15) is 6.54 Å². The molecular weight excluding hydrogens is 468 g/mol. The average Bonchev–Trinajstić information content (AvgIpc) is 2.75. The first-order valence-corrected chi connectivity index (χ1v) is 12.9. The van der Waals surface area contributed by atoms with Crippen LogP contribution in [-0.2, 0) is 14.8 Å². The van der Waals surface area contributed by atoms with Gasteiger partial charge in [0.05, 0.1) is 16.6 Å². The molecule has 7 heteroatoms. The molecule has 3 rings (SSSR count). The Labute approximate surface area is 207 Å². The Bertz CT molecular complexity index is 1320. The van der Waals surface area contributed by atoms with Gasteiger partial charge in [0.25, 0.3) is 10.0 Å². The molecule has 0 heterocycles. The van der Waals surface area contributed by atoms with Crippen molar-refractivity contribution in [2.45, 2.75) is 52.5 Å². The summed E-state index contributed by atoms with van der Waals surface area (Å²) in [5.41, 5.74) is 6.43. The van der Waals surface area contributed by atoms with Gasteiger partial charge >= 0.3 is 0 Å². The lowest BCUT2D eigenvalue weighted by atomic mass is 9.96. The minimum Gasteiger partial charge on any atom is -0.348 e. The van der Waals surface area contributed by atoms with E-state index in [1.54, 1.807) is 49.4 Å². The fourth-order valence-electron chi connectivity index (χ4n) is 3.98. The van der Waals surface area contributed by atoms with E-state index in [4.69, 9.17) is 11.6 Å². The van der Waals surface area contributed by atoms with Crippen LogP contribution in [0.5, 0.6) is 0 Å². The lowest BCUT2D eigenvalue weighted by Crippen LogP contribution is -2.42. The van der Waals surface area contributed by atoms with Crippen molar-refractivity contribution in [3.05, 3.63) is 93.0 Å². The van der Waals surface area contributed by atoms with E-state index in [0.29, 0.717) is 16.3 Å². The number of hydrogen-bond acceptors (Lipinski definition) is 3. The highest BCUT2D eigenvalue weighted by atomic mass is 35.5. The Morgan fingerprint density at radius 2 is 1.50 bits per heavy atom. The van der Waals surface area contributed by atoms with Crippen LogP contribution in [0, 0.1) is 34.6 Å². The molecule has 1 atom stereocenters. The molecule has 180 valence electrons. The van der Waals surface area contributed by atoms with Gasteiger partial charge in [-0.3, -0.25) is 9.10 Å². The number of amides is 1. The van der Waals surface area contributed by atoms with Crippen LogP contribution in [0.15, 0.2) is 59.5 Å². The Morgan fingerprint density at radius 3 is 2.12 bits per heavy atom. The van der Waals surface area contributed by atoms with Crippen LogP contribution in [0.2, 0.25) is 5.02 Å². The van der Waals surface area contributed by atoms with E-state index < -0.39 is 15.9 Å². The molecule has 0 bridgehead atoms. The molecule has 3 aromatic rings. The molecule has 34 heavy (non-hydrogen) atoms. The topological polar surface area (TPSA) is 66.5 Å². The van der Waals surface area contributed by atoms with Crippen molar-refractivity contribution in [1.82, 2.24) is 5.32 Å². The molecule has 0 unspecified atom stereocenters. The molecular formula is C27H31ClN2O3S. The molecule has 5 nitrogen and oxygen atoms in total. The first kappa shape index (κ1) is 25.8. The predicted octanol–water partition coefficient (Wildman–Crippen LogP) is 5.95. The van der Waals surface area contributed by atoms with E-state index in [-0.39, 0.29) is 17.5 Å². The number of carbonyl (C=O) groups excluding carboxylic acids is 1. The van der Waals surface area contributed by atoms with Gasteiger partial charge in [-0.05, 0) is 99.7 Å². The number of rotatable bonds is 7. The van der Waals surface area contributed by atoms with Crippen molar-refractivity contribution >= 4 is 33.2 Å². The van der Waals surface area contributed by atoms with Crippen LogP contribution in [0.25, 0.3) is 0 Å². The third-order valence-electron chi connectivity index (χ3n) is 6.05. The second-order valence-corrected chi connectivity index (χ2v) is 11.1. The summed E-state index contributed by atoms with van der Waals surface area (Å²) in [6, 6.07) is 15.4. The van der Waals surface area contributed by atoms with Gasteiger partial charge in [-0.25, -0.2) is 8.42 Å². The maximum absolute atomic E-state index is 13.6. The van der Waals surface area contributed by atoms with Crippen molar-refractivity contribution in [3.63, 3.8) is 0 Å². The Morgan fingerprint density at radius 1 is 0.882 bits per heavy atom. The summed E-state index contributed by atoms with van der Waals surface area (Å²) in [5.74, 6) is -0.393. The number of halogens is 1. The smallest absolute Gasteiger partial charge is 0.264 e. The summed E-state index contributed by atoms with van der Waals surface area (Å²) in [6.07, 6.45) is 0. The largest absolute Gasteiger partial charge is 0.348 e. The quantitative estimate of drug-likeness (QED) is 0.437. The average molecular weight is 499 g/mol. The van der Waals surface area contributed by atoms with Crippen molar-refractivity contribution in [1.29, 1.82) is 0 Å². The van der Waals surface area contributed by atoms with E-state index >= 15 is 0 Å². The second-order valence-electron chi connectivity index (χ2n) is 8.84. The molecule has 0 aliphatic carbocycles. The van der Waals surface area contributed by atoms with Crippen LogP contribution in [0.3, 0.4) is 0 Å². The van der Waals surface area contributed by atoms with Crippen molar-refractivity contribution in [2.24, 2.45) is 0 Å². The fourth-order valence-corrected chi connectivity index (χ4v) is 5.69. The maximum Gasteiger partial charge on any atom is 0.264 e. The van der Waals surface area contributed by atoms with Gasteiger partial charge in [0.15, 0.2) is 0 Å². The molecule has 1 amide bonds. The van der Waals surface area contributed by atoms with Crippen molar-refractivity contribution < 1.29 is 13.2 Å². The van der Waals surface area contributed by atoms with Crippen molar-refractivity contribution in [2.75, 3.05) is 10.8 Å². The lowest BCUT2D eigenvalue weighted by molar-refractivity contribution is -0.120. The van der Waals surface area contributed by atoms with E-state index in [2.05, 4.69) is 24.4 Å². The van der Waals surface area contributed by atoms with E-state index in [0.717, 1.165) is 26.6 Å². The van der Waals surface area contributed by atoms with Crippen LogP contribution >= 0.6 is 11.6 Å². The molecule has 0 aromatic heterocycles. The molecule has 3 aromatic carbocycles. The standard InChI is InChI=1S/C27H31ClN2O3S/c1-17-7-10-24(11-8-17)34(32,33)30(26-12-9-23(28)14-21(26)5)16-27(31)29-22(6)25-15-19(3)18(2)13-20(25)4/h7-15,22H,16H2,1-6H3,(H,29,31)/t22-/m0/s1. The van der Waals surface area contributed by atoms with Crippen LogP contribution in [0.1, 0.15) is 46.3 Å². The zero-order valence-electron chi connectivity index (χ0n) is 20.4. The molecule has 0 spiro atoms. The summed E-state index contributed by atoms with van der Waals surface area (Å²) in [7, 11) is -3.99. The Kier molecular flexibility index (Phi) is 7.74. The number of nitrogens with zero attached hydrogens (tertiary/aromatic N) is 1. The minimum absolute atomic E-state index is 0.123. The van der Waals surface area contributed by atoms with Gasteiger partial charge in [-0.1, -0.05) is 41.4 Å². The maximum atomic E-state index is 13.6. The van der Waals surface area contributed by atoms with Crippen molar-refractivity contribution in [3.8, 4) is 0 Å². The highest BCUT2D eigenvalue weighted by Gasteiger charge is 2.29. The number of anilines is 1. The fraction of sp³-hybridized carbons (Fsp3) is 0.296. The monoisotopic (exact) mass is 498 g/mol. The number of carbonyl (C=O) groups is 1. The normalized spacial score (nSPS) is 12.3. The number of nitrogens with one attached hydrogen (secondary N) is 1. The molecule has 0 fully saturated rings. The third kappa shape index (κ3) is 5.62. The summed E-state index contributed by atoms with van der Waals surface area (Å²) < 4.78 is 28.4. The molecule has 0 radical (unpaired) electrons. The second kappa shape index (κ2) is 10.2. The molecule has 0 aliphatic heterocycles. The number of hydrogen-bond donors (Lipinski definition) is 1. The molecule has 1 N–H and O–H groups in total. The lowest BCUT2D eigenvalue weighted by Gasteiger charge is -2.27. The van der Waals surface area contributed by atoms with E-state index in [9.17, 15) is 13.2 Å². The van der Waals surface area contributed by atoms with Crippen LogP contribution in [0.4, 0.5) is 5.69 Å². The van der Waals surface area contributed by atoms with Gasteiger partial charge in [0, 0.05) is 5.02 Å². The zero-order chi connectivity index (χ0) is 25.2. The molecule has 0 saturated heterocycles. The first-order chi connectivity index (χ1) is 15.9. The molecule has 0 saturated carbocycles. The predicted molar refractivity (Wildman–Crippen MR) is 139 cm³/mol. The number of benzene rings is 3. The Hall–Kier alpha value is -2.83. The summed E-state index contributed by atoms with van der Waals surface area (Å²) in [6.45, 7) is 11.3. The summed E-state index contributed by atoms with van der Waals surface area (Å²) in [4.78, 5) is 13.3. The Balaban J connectivity index is 1.95. The minimum atomic E-state index is -3.99. The highest BCUT2D eigenvalue weighted by molar-refractivity contribution is 7.92. The van der Waals surface area contributed by atoms with Gasteiger partial charge in [-0.15, -0.1) is 0 Å².